The molecule has 0 radical (unpaired) electrons. The molecular weight excluding hydrogens is 368 g/mol. The number of halogens is 1. The summed E-state index contributed by atoms with van der Waals surface area (Å²) in [4.78, 5) is 12.2. The highest BCUT2D eigenvalue weighted by Gasteiger charge is 2.14. The molecule has 0 saturated carbocycles. The summed E-state index contributed by atoms with van der Waals surface area (Å²) in [6.45, 7) is 0.967. The molecule has 7 heteroatoms. The summed E-state index contributed by atoms with van der Waals surface area (Å²) in [6, 6.07) is 15.9. The van der Waals surface area contributed by atoms with Gasteiger partial charge in [0.25, 0.3) is 5.91 Å². The highest BCUT2D eigenvalue weighted by Crippen LogP contribution is 2.30. The molecule has 1 amide bonds. The van der Waals surface area contributed by atoms with E-state index in [1.54, 1.807) is 36.4 Å². The van der Waals surface area contributed by atoms with E-state index in [-0.39, 0.29) is 5.91 Å². The fraction of sp³-hybridized carbons (Fsp3) is 0.100. The fourth-order valence-electron chi connectivity index (χ4n) is 2.60. The molecule has 1 aliphatic heterocycles. The average molecular weight is 383 g/mol. The van der Waals surface area contributed by atoms with Crippen LogP contribution in [0.25, 0.3) is 11.3 Å². The summed E-state index contributed by atoms with van der Waals surface area (Å²) in [6.07, 6.45) is 1.44. The normalized spacial score (nSPS) is 12.9. The maximum absolute atomic E-state index is 12.2. The Labute approximate surface area is 160 Å². The fourth-order valence-corrected chi connectivity index (χ4v) is 2.72. The molecule has 0 saturated heterocycles. The number of nitrogens with one attached hydrogen (secondary N) is 1. The summed E-state index contributed by atoms with van der Waals surface area (Å²) in [7, 11) is 0. The molecule has 2 heterocycles. The molecule has 1 aromatic heterocycles. The first-order valence-corrected chi connectivity index (χ1v) is 8.66. The van der Waals surface area contributed by atoms with Crippen molar-refractivity contribution < 1.29 is 18.7 Å². The summed E-state index contributed by atoms with van der Waals surface area (Å²) in [5.74, 6) is 2.03. The van der Waals surface area contributed by atoms with Crippen LogP contribution in [0.1, 0.15) is 16.1 Å². The predicted molar refractivity (Wildman–Crippen MR) is 102 cm³/mol. The number of benzene rings is 2. The van der Waals surface area contributed by atoms with Crippen molar-refractivity contribution >= 4 is 23.7 Å². The van der Waals surface area contributed by atoms with Gasteiger partial charge in [-0.1, -0.05) is 11.6 Å². The van der Waals surface area contributed by atoms with E-state index in [0.29, 0.717) is 46.8 Å². The number of amides is 1. The number of furan rings is 1. The number of rotatable bonds is 4. The second-order valence-corrected chi connectivity index (χ2v) is 6.20. The van der Waals surface area contributed by atoms with Gasteiger partial charge in [0.15, 0.2) is 11.5 Å². The third-order valence-electron chi connectivity index (χ3n) is 3.92. The van der Waals surface area contributed by atoms with Crippen LogP contribution >= 0.6 is 11.6 Å². The zero-order valence-corrected chi connectivity index (χ0v) is 14.9. The minimum atomic E-state index is -0.354. The van der Waals surface area contributed by atoms with Crippen molar-refractivity contribution in [2.24, 2.45) is 5.10 Å². The molecule has 1 aliphatic rings. The highest BCUT2D eigenvalue weighted by molar-refractivity contribution is 6.30. The third kappa shape index (κ3) is 3.96. The molecule has 0 unspecified atom stereocenters. The Morgan fingerprint density at radius 2 is 1.78 bits per heavy atom. The lowest BCUT2D eigenvalue weighted by Gasteiger charge is -2.18. The van der Waals surface area contributed by atoms with Gasteiger partial charge in [-0.25, -0.2) is 5.43 Å². The van der Waals surface area contributed by atoms with Crippen LogP contribution in [0.4, 0.5) is 0 Å². The van der Waals surface area contributed by atoms with Gasteiger partial charge in [-0.2, -0.15) is 5.10 Å². The number of fused-ring (bicyclic) bond motifs is 1. The molecule has 2 aromatic carbocycles. The van der Waals surface area contributed by atoms with E-state index >= 15 is 0 Å². The van der Waals surface area contributed by atoms with E-state index in [2.05, 4.69) is 10.5 Å². The van der Waals surface area contributed by atoms with Gasteiger partial charge in [-0.3, -0.25) is 4.79 Å². The monoisotopic (exact) mass is 382 g/mol. The van der Waals surface area contributed by atoms with Gasteiger partial charge in [0.05, 0.1) is 6.21 Å². The highest BCUT2D eigenvalue weighted by atomic mass is 35.5. The number of hydrazone groups is 1. The van der Waals surface area contributed by atoms with Gasteiger partial charge in [0, 0.05) is 16.1 Å². The van der Waals surface area contributed by atoms with Gasteiger partial charge in [-0.05, 0) is 54.6 Å². The minimum Gasteiger partial charge on any atom is -0.486 e. The van der Waals surface area contributed by atoms with Crippen LogP contribution in [-0.2, 0) is 0 Å². The average Bonchev–Trinajstić information content (AvgIpc) is 3.17. The molecule has 1 N–H and O–H groups in total. The number of ether oxygens (including phenoxy) is 2. The topological polar surface area (TPSA) is 73.1 Å². The predicted octanol–water partition coefficient (Wildman–Crippen LogP) is 4.14. The van der Waals surface area contributed by atoms with Crippen LogP contribution in [0.15, 0.2) is 64.1 Å². The first-order chi connectivity index (χ1) is 13.2. The molecule has 0 spiro atoms. The maximum Gasteiger partial charge on any atom is 0.271 e. The lowest BCUT2D eigenvalue weighted by Crippen LogP contribution is -2.19. The Hall–Kier alpha value is -3.25. The zero-order valence-electron chi connectivity index (χ0n) is 14.1. The lowest BCUT2D eigenvalue weighted by atomic mass is 10.2. The third-order valence-corrected chi connectivity index (χ3v) is 4.17. The first kappa shape index (κ1) is 17.2. The molecule has 0 atom stereocenters. The van der Waals surface area contributed by atoms with Gasteiger partial charge in [0.2, 0.25) is 0 Å². The van der Waals surface area contributed by atoms with Crippen molar-refractivity contribution in [3.05, 3.63) is 70.9 Å². The Balaban J connectivity index is 1.40. The lowest BCUT2D eigenvalue weighted by molar-refractivity contribution is 0.0954. The van der Waals surface area contributed by atoms with E-state index in [0.717, 1.165) is 5.56 Å². The molecule has 0 bridgehead atoms. The van der Waals surface area contributed by atoms with Crippen LogP contribution in [0, 0.1) is 0 Å². The number of carbonyl (C=O) groups excluding carboxylic acids is 1. The van der Waals surface area contributed by atoms with Crippen LogP contribution in [0.5, 0.6) is 11.5 Å². The molecule has 0 aliphatic carbocycles. The van der Waals surface area contributed by atoms with Crippen molar-refractivity contribution in [1.82, 2.24) is 5.43 Å². The molecule has 0 fully saturated rings. The maximum atomic E-state index is 12.2. The van der Waals surface area contributed by atoms with E-state index in [9.17, 15) is 4.79 Å². The van der Waals surface area contributed by atoms with Crippen LogP contribution in [-0.4, -0.2) is 25.3 Å². The standard InChI is InChI=1S/C20H15ClN2O4/c21-15-4-1-13(2-5-15)17-8-6-16(27-17)12-22-23-20(24)14-3-7-18-19(11-14)26-10-9-25-18/h1-8,11-12H,9-10H2,(H,23,24). The van der Waals surface area contributed by atoms with Crippen LogP contribution in [0.2, 0.25) is 5.02 Å². The zero-order chi connectivity index (χ0) is 18.6. The van der Waals surface area contributed by atoms with Crippen LogP contribution in [0.3, 0.4) is 0 Å². The SMILES string of the molecule is O=C(NN=Cc1ccc(-c2ccc(Cl)cc2)o1)c1ccc2c(c1)OCCO2. The van der Waals surface area contributed by atoms with Crippen molar-refractivity contribution in [3.63, 3.8) is 0 Å². The Kier molecular flexibility index (Phi) is 4.80. The quantitative estimate of drug-likeness (QED) is 0.543. The van der Waals surface area contributed by atoms with Crippen molar-refractivity contribution in [3.8, 4) is 22.8 Å². The number of hydrogen-bond acceptors (Lipinski definition) is 5. The van der Waals surface area contributed by atoms with Crippen LogP contribution < -0.4 is 14.9 Å². The van der Waals surface area contributed by atoms with E-state index in [1.807, 2.05) is 18.2 Å². The Morgan fingerprint density at radius 1 is 1.00 bits per heavy atom. The molecule has 4 rings (SSSR count). The van der Waals surface area contributed by atoms with Crippen molar-refractivity contribution in [2.45, 2.75) is 0 Å². The van der Waals surface area contributed by atoms with E-state index in [4.69, 9.17) is 25.5 Å². The molecular formula is C20H15ClN2O4. The minimum absolute atomic E-state index is 0.354. The molecule has 3 aromatic rings. The summed E-state index contributed by atoms with van der Waals surface area (Å²) >= 11 is 5.89. The first-order valence-electron chi connectivity index (χ1n) is 8.28. The second kappa shape index (κ2) is 7.55. The molecule has 136 valence electrons. The largest absolute Gasteiger partial charge is 0.486 e. The van der Waals surface area contributed by atoms with Gasteiger partial charge < -0.3 is 13.9 Å². The summed E-state index contributed by atoms with van der Waals surface area (Å²) in [5.41, 5.74) is 3.80. The van der Waals surface area contributed by atoms with E-state index < -0.39 is 0 Å². The smallest absolute Gasteiger partial charge is 0.271 e. The van der Waals surface area contributed by atoms with Gasteiger partial charge >= 0.3 is 0 Å². The Bertz CT molecular complexity index is 995. The van der Waals surface area contributed by atoms with Gasteiger partial charge in [-0.15, -0.1) is 0 Å². The summed E-state index contributed by atoms with van der Waals surface area (Å²) < 4.78 is 16.6. The van der Waals surface area contributed by atoms with E-state index in [1.165, 1.54) is 6.21 Å². The van der Waals surface area contributed by atoms with Crippen molar-refractivity contribution in [1.29, 1.82) is 0 Å². The number of carbonyl (C=O) groups is 1. The van der Waals surface area contributed by atoms with Gasteiger partial charge in [0.1, 0.15) is 24.7 Å². The molecule has 27 heavy (non-hydrogen) atoms. The van der Waals surface area contributed by atoms with Crippen molar-refractivity contribution in [2.75, 3.05) is 13.2 Å². The number of nitrogens with zero attached hydrogens (tertiary/aromatic N) is 1. The number of hydrogen-bond donors (Lipinski definition) is 1. The Morgan fingerprint density at radius 3 is 2.59 bits per heavy atom. The summed E-state index contributed by atoms with van der Waals surface area (Å²) in [5, 5.41) is 4.60. The molecule has 6 nitrogen and oxygen atoms in total. The second-order valence-electron chi connectivity index (χ2n) is 5.77.